The van der Waals surface area contributed by atoms with Gasteiger partial charge in [-0.15, -0.1) is 11.3 Å². The van der Waals surface area contributed by atoms with Gasteiger partial charge in [0.2, 0.25) is 5.88 Å². The van der Waals surface area contributed by atoms with Crippen LogP contribution in [-0.4, -0.2) is 38.3 Å². The van der Waals surface area contributed by atoms with Crippen molar-refractivity contribution in [3.63, 3.8) is 0 Å². The Hall–Kier alpha value is -3.14. The van der Waals surface area contributed by atoms with E-state index < -0.39 is 10.0 Å². The van der Waals surface area contributed by atoms with Gasteiger partial charge in [0.15, 0.2) is 4.88 Å². The number of anilines is 1. The monoisotopic (exact) mass is 501 g/mol. The average Bonchev–Trinajstić information content (AvgIpc) is 3.14. The van der Waals surface area contributed by atoms with Crippen molar-refractivity contribution < 1.29 is 17.9 Å². The molecule has 7 nitrogen and oxygen atoms in total. The Kier molecular flexibility index (Phi) is 6.29. The fourth-order valence-corrected chi connectivity index (χ4v) is 5.70. The first-order valence-corrected chi connectivity index (χ1v) is 12.5. The highest BCUT2D eigenvalue weighted by molar-refractivity contribution is 7.92. The summed E-state index contributed by atoms with van der Waals surface area (Å²) in [5.74, 6) is 0.458. The van der Waals surface area contributed by atoms with Crippen LogP contribution in [0.1, 0.15) is 14.7 Å². The number of hydrogen-bond acceptors (Lipinski definition) is 6. The van der Waals surface area contributed by atoms with Crippen molar-refractivity contribution in [1.82, 2.24) is 9.88 Å². The van der Waals surface area contributed by atoms with Crippen LogP contribution in [0.3, 0.4) is 0 Å². The number of nitrogens with one attached hydrogen (secondary N) is 1. The minimum absolute atomic E-state index is 0.0131. The van der Waals surface area contributed by atoms with Crippen LogP contribution in [0.4, 0.5) is 5.69 Å². The summed E-state index contributed by atoms with van der Waals surface area (Å²) in [6, 6.07) is 16.7. The van der Waals surface area contributed by atoms with E-state index in [1.165, 1.54) is 28.4 Å². The van der Waals surface area contributed by atoms with E-state index in [4.69, 9.17) is 16.3 Å². The Morgan fingerprint density at radius 3 is 2.39 bits per heavy atom. The van der Waals surface area contributed by atoms with Crippen molar-refractivity contribution in [2.24, 2.45) is 0 Å². The molecule has 0 atom stereocenters. The van der Waals surface area contributed by atoms with Crippen LogP contribution < -0.4 is 9.46 Å². The second kappa shape index (κ2) is 9.01. The standard InChI is InChI=1S/C23H20ClN3O4S2/c1-14-25-22(21(32-14)23(28)27(2)3)31-19-13-12-18(15-8-4-5-9-16(15)19)26-33(29,30)20-11-7-6-10-17(20)24/h4-13,26H,1-3H3. The zero-order chi connectivity index (χ0) is 23.8. The zero-order valence-corrected chi connectivity index (χ0v) is 20.4. The molecule has 3 aromatic carbocycles. The van der Waals surface area contributed by atoms with Gasteiger partial charge in [-0.2, -0.15) is 0 Å². The average molecular weight is 502 g/mol. The number of nitrogens with zero attached hydrogens (tertiary/aromatic N) is 2. The SMILES string of the molecule is Cc1nc(Oc2ccc(NS(=O)(=O)c3ccccc3Cl)c3ccccc23)c(C(=O)N(C)C)s1. The van der Waals surface area contributed by atoms with E-state index in [0.717, 1.165) is 0 Å². The van der Waals surface area contributed by atoms with Crippen LogP contribution in [0.5, 0.6) is 11.6 Å². The van der Waals surface area contributed by atoms with Gasteiger partial charge in [-0.3, -0.25) is 9.52 Å². The van der Waals surface area contributed by atoms with Gasteiger partial charge in [-0.25, -0.2) is 13.4 Å². The lowest BCUT2D eigenvalue weighted by molar-refractivity contribution is 0.0829. The van der Waals surface area contributed by atoms with Gasteiger partial charge in [0.05, 0.1) is 15.7 Å². The minimum atomic E-state index is -3.91. The second-order valence-electron chi connectivity index (χ2n) is 7.36. The summed E-state index contributed by atoms with van der Waals surface area (Å²) in [5, 5.41) is 2.11. The van der Waals surface area contributed by atoms with E-state index in [9.17, 15) is 13.2 Å². The van der Waals surface area contributed by atoms with E-state index in [1.54, 1.807) is 57.4 Å². The quantitative estimate of drug-likeness (QED) is 0.374. The van der Waals surface area contributed by atoms with Crippen molar-refractivity contribution in [3.8, 4) is 11.6 Å². The van der Waals surface area contributed by atoms with Crippen molar-refractivity contribution in [2.75, 3.05) is 18.8 Å². The molecule has 10 heteroatoms. The molecular formula is C23H20ClN3O4S2. The zero-order valence-electron chi connectivity index (χ0n) is 18.0. The summed E-state index contributed by atoms with van der Waals surface area (Å²) in [7, 11) is -0.589. The Morgan fingerprint density at radius 1 is 1.03 bits per heavy atom. The number of thiazole rings is 1. The Labute approximate surface area is 200 Å². The van der Waals surface area contributed by atoms with Gasteiger partial charge >= 0.3 is 0 Å². The molecule has 4 rings (SSSR count). The number of hydrogen-bond donors (Lipinski definition) is 1. The van der Waals surface area contributed by atoms with Crippen LogP contribution >= 0.6 is 22.9 Å². The molecule has 0 bridgehead atoms. The number of carbonyl (C=O) groups is 1. The summed E-state index contributed by atoms with van der Waals surface area (Å²) in [6.07, 6.45) is 0. The highest BCUT2D eigenvalue weighted by Crippen LogP contribution is 2.37. The lowest BCUT2D eigenvalue weighted by Gasteiger charge is -2.15. The molecule has 1 N–H and O–H groups in total. The number of ether oxygens (including phenoxy) is 1. The van der Waals surface area contributed by atoms with Gasteiger partial charge in [0, 0.05) is 24.9 Å². The van der Waals surface area contributed by atoms with Gasteiger partial charge < -0.3 is 9.64 Å². The van der Waals surface area contributed by atoms with E-state index in [-0.39, 0.29) is 21.7 Å². The molecule has 0 aliphatic carbocycles. The maximum atomic E-state index is 13.0. The molecule has 33 heavy (non-hydrogen) atoms. The van der Waals surface area contributed by atoms with Crippen molar-refractivity contribution in [2.45, 2.75) is 11.8 Å². The van der Waals surface area contributed by atoms with Gasteiger partial charge in [0.25, 0.3) is 15.9 Å². The molecule has 1 heterocycles. The van der Waals surface area contributed by atoms with E-state index in [2.05, 4.69) is 9.71 Å². The topological polar surface area (TPSA) is 88.6 Å². The Bertz CT molecular complexity index is 1470. The van der Waals surface area contributed by atoms with Gasteiger partial charge in [-0.1, -0.05) is 48.0 Å². The third kappa shape index (κ3) is 4.66. The van der Waals surface area contributed by atoms with Crippen LogP contribution in [0, 0.1) is 6.92 Å². The van der Waals surface area contributed by atoms with Crippen LogP contribution in [0.25, 0.3) is 10.8 Å². The summed E-state index contributed by atoms with van der Waals surface area (Å²) in [6.45, 7) is 1.80. The molecule has 0 aliphatic rings. The predicted molar refractivity (Wildman–Crippen MR) is 131 cm³/mol. The number of sulfonamides is 1. The number of aryl methyl sites for hydroxylation is 1. The molecule has 0 saturated heterocycles. The lowest BCUT2D eigenvalue weighted by atomic mass is 10.1. The largest absolute Gasteiger partial charge is 0.437 e. The second-order valence-corrected chi connectivity index (χ2v) is 10.6. The fourth-order valence-electron chi connectivity index (χ4n) is 3.23. The summed E-state index contributed by atoms with van der Waals surface area (Å²) >= 11 is 7.35. The number of aromatic nitrogens is 1. The third-order valence-corrected chi connectivity index (χ3v) is 7.57. The van der Waals surface area contributed by atoms with Gasteiger partial charge in [-0.05, 0) is 31.2 Å². The minimum Gasteiger partial charge on any atom is -0.437 e. The first-order valence-electron chi connectivity index (χ1n) is 9.83. The first kappa shape index (κ1) is 23.0. The van der Waals surface area contributed by atoms with Crippen molar-refractivity contribution >= 4 is 55.3 Å². The highest BCUT2D eigenvalue weighted by Gasteiger charge is 2.22. The summed E-state index contributed by atoms with van der Waals surface area (Å²) in [4.78, 5) is 18.7. The third-order valence-electron chi connectivity index (χ3n) is 4.76. The molecule has 170 valence electrons. The van der Waals surface area contributed by atoms with Crippen molar-refractivity contribution in [3.05, 3.63) is 75.6 Å². The molecule has 0 radical (unpaired) electrons. The molecule has 0 saturated carbocycles. The normalized spacial score (nSPS) is 11.4. The highest BCUT2D eigenvalue weighted by atomic mass is 35.5. The Balaban J connectivity index is 1.75. The van der Waals surface area contributed by atoms with Crippen LogP contribution in [0.2, 0.25) is 5.02 Å². The van der Waals surface area contributed by atoms with Crippen LogP contribution in [0.15, 0.2) is 65.6 Å². The Morgan fingerprint density at radius 2 is 1.70 bits per heavy atom. The lowest BCUT2D eigenvalue weighted by Crippen LogP contribution is -2.21. The predicted octanol–water partition coefficient (Wildman–Crippen LogP) is 5.55. The molecule has 1 amide bonds. The maximum absolute atomic E-state index is 13.0. The number of amides is 1. The molecule has 0 unspecified atom stereocenters. The number of carbonyl (C=O) groups excluding carboxylic acids is 1. The number of fused-ring (bicyclic) bond motifs is 1. The van der Waals surface area contributed by atoms with E-state index in [1.807, 2.05) is 12.1 Å². The van der Waals surface area contributed by atoms with E-state index in [0.29, 0.717) is 32.1 Å². The summed E-state index contributed by atoms with van der Waals surface area (Å²) in [5.41, 5.74) is 0.372. The molecule has 4 aromatic rings. The molecule has 0 spiro atoms. The molecule has 1 aromatic heterocycles. The van der Waals surface area contributed by atoms with E-state index >= 15 is 0 Å². The smallest absolute Gasteiger partial charge is 0.269 e. The first-order chi connectivity index (χ1) is 15.7. The van der Waals surface area contributed by atoms with Crippen molar-refractivity contribution in [1.29, 1.82) is 0 Å². The van der Waals surface area contributed by atoms with Gasteiger partial charge in [0.1, 0.15) is 10.6 Å². The number of benzene rings is 3. The maximum Gasteiger partial charge on any atom is 0.269 e. The number of rotatable bonds is 6. The molecule has 0 fully saturated rings. The molecule has 0 aliphatic heterocycles. The van der Waals surface area contributed by atoms with Crippen LogP contribution in [-0.2, 0) is 10.0 Å². The number of halogens is 1. The molecular weight excluding hydrogens is 482 g/mol. The fraction of sp³-hybridized carbons (Fsp3) is 0.130. The summed E-state index contributed by atoms with van der Waals surface area (Å²) < 4.78 is 34.6.